The van der Waals surface area contributed by atoms with Crippen molar-refractivity contribution in [2.24, 2.45) is 0 Å². The van der Waals surface area contributed by atoms with Gasteiger partial charge in [0.1, 0.15) is 0 Å². The van der Waals surface area contributed by atoms with Crippen LogP contribution < -0.4 is 5.32 Å². The number of hydrogen-bond acceptors (Lipinski definition) is 4. The first kappa shape index (κ1) is 17.4. The number of fused-ring (bicyclic) bond motifs is 1. The van der Waals surface area contributed by atoms with Crippen LogP contribution in [0.1, 0.15) is 36.0 Å². The molecule has 1 aliphatic heterocycles. The third-order valence-corrected chi connectivity index (χ3v) is 4.79. The van der Waals surface area contributed by atoms with E-state index in [0.717, 1.165) is 17.3 Å². The molecule has 0 unspecified atom stereocenters. The maximum Gasteiger partial charge on any atom is 0.253 e. The van der Waals surface area contributed by atoms with Crippen LogP contribution >= 0.6 is 0 Å². The Morgan fingerprint density at radius 1 is 1.36 bits per heavy atom. The van der Waals surface area contributed by atoms with E-state index >= 15 is 0 Å². The van der Waals surface area contributed by atoms with Crippen LogP contribution in [0.2, 0.25) is 0 Å². The molecular formula is C19H23N3O3. The van der Waals surface area contributed by atoms with Gasteiger partial charge in [0.05, 0.1) is 11.1 Å². The molecule has 0 saturated carbocycles. The zero-order chi connectivity index (χ0) is 17.9. The molecule has 1 fully saturated rings. The molecule has 1 atom stereocenters. The minimum atomic E-state index is -1.00. The third-order valence-electron chi connectivity index (χ3n) is 4.79. The number of likely N-dealkylation sites (tertiary alicyclic amines) is 1. The molecule has 1 aromatic heterocycles. The predicted molar refractivity (Wildman–Crippen MR) is 95.1 cm³/mol. The van der Waals surface area contributed by atoms with Crippen LogP contribution in [0.25, 0.3) is 10.9 Å². The first-order valence-corrected chi connectivity index (χ1v) is 8.58. The predicted octanol–water partition coefficient (Wildman–Crippen LogP) is 1.73. The van der Waals surface area contributed by atoms with Gasteiger partial charge in [-0.3, -0.25) is 14.6 Å². The van der Waals surface area contributed by atoms with Gasteiger partial charge < -0.3 is 15.3 Å². The van der Waals surface area contributed by atoms with E-state index in [1.54, 1.807) is 24.2 Å². The lowest BCUT2D eigenvalue weighted by atomic mass is 9.88. The molecule has 0 bridgehead atoms. The molecule has 3 rings (SSSR count). The molecule has 1 saturated heterocycles. The summed E-state index contributed by atoms with van der Waals surface area (Å²) in [4.78, 5) is 30.2. The standard InChI is InChI=1S/C19H23N3O3/c1-20-17(23)7-9-19(25)8-3-11-22(13-19)18(24)15-5-6-16-14(12-15)4-2-10-21-16/h2,4-6,10,12,25H,3,7-9,11,13H2,1H3,(H,20,23)/t19-/m1/s1. The van der Waals surface area contributed by atoms with E-state index in [0.29, 0.717) is 24.9 Å². The van der Waals surface area contributed by atoms with Crippen molar-refractivity contribution in [3.63, 3.8) is 0 Å². The van der Waals surface area contributed by atoms with Gasteiger partial charge in [0, 0.05) is 43.7 Å². The molecule has 1 aromatic carbocycles. The quantitative estimate of drug-likeness (QED) is 0.887. The Balaban J connectivity index is 1.73. The van der Waals surface area contributed by atoms with E-state index in [9.17, 15) is 14.7 Å². The largest absolute Gasteiger partial charge is 0.388 e. The molecule has 2 heterocycles. The maximum absolute atomic E-state index is 12.8. The summed E-state index contributed by atoms with van der Waals surface area (Å²) in [5, 5.41) is 14.2. The first-order valence-electron chi connectivity index (χ1n) is 8.58. The van der Waals surface area contributed by atoms with Crippen molar-refractivity contribution in [1.82, 2.24) is 15.2 Å². The van der Waals surface area contributed by atoms with Crippen LogP contribution in [0, 0.1) is 0 Å². The minimum absolute atomic E-state index is 0.0937. The van der Waals surface area contributed by atoms with Crippen LogP contribution in [-0.2, 0) is 4.79 Å². The number of aliphatic hydroxyl groups is 1. The lowest BCUT2D eigenvalue weighted by Crippen LogP contribution is -2.50. The first-order chi connectivity index (χ1) is 12.0. The number of pyridine rings is 1. The molecule has 2 aromatic rings. The SMILES string of the molecule is CNC(=O)CC[C@]1(O)CCCN(C(=O)c2ccc3ncccc3c2)C1. The van der Waals surface area contributed by atoms with Crippen molar-refractivity contribution in [1.29, 1.82) is 0 Å². The lowest BCUT2D eigenvalue weighted by Gasteiger charge is -2.39. The average molecular weight is 341 g/mol. The van der Waals surface area contributed by atoms with Crippen LogP contribution in [0.3, 0.4) is 0 Å². The second-order valence-corrected chi connectivity index (χ2v) is 6.64. The van der Waals surface area contributed by atoms with Crippen LogP contribution in [0.5, 0.6) is 0 Å². The molecular weight excluding hydrogens is 318 g/mol. The molecule has 132 valence electrons. The van der Waals surface area contributed by atoms with E-state index in [1.807, 2.05) is 24.3 Å². The van der Waals surface area contributed by atoms with Crippen molar-refractivity contribution in [2.75, 3.05) is 20.1 Å². The Kier molecular flexibility index (Phi) is 4.99. The number of hydrogen-bond donors (Lipinski definition) is 2. The molecule has 2 N–H and O–H groups in total. The van der Waals surface area contributed by atoms with E-state index < -0.39 is 5.60 Å². The summed E-state index contributed by atoms with van der Waals surface area (Å²) in [7, 11) is 1.58. The number of β-amino-alcohol motifs (C(OH)–C–C–N with tert-alkyl or cyclic N) is 1. The Hall–Kier alpha value is -2.47. The summed E-state index contributed by atoms with van der Waals surface area (Å²) in [5.74, 6) is -0.192. The normalized spacial score (nSPS) is 20.5. The zero-order valence-electron chi connectivity index (χ0n) is 14.4. The fraction of sp³-hybridized carbons (Fsp3) is 0.421. The number of carbonyl (C=O) groups excluding carboxylic acids is 2. The summed E-state index contributed by atoms with van der Waals surface area (Å²) in [5.41, 5.74) is 0.439. The summed E-state index contributed by atoms with van der Waals surface area (Å²) in [6.07, 6.45) is 3.68. The molecule has 0 aliphatic carbocycles. The monoisotopic (exact) mass is 341 g/mol. The number of rotatable bonds is 4. The molecule has 0 spiro atoms. The molecule has 0 radical (unpaired) electrons. The van der Waals surface area contributed by atoms with Gasteiger partial charge in [-0.05, 0) is 43.5 Å². The van der Waals surface area contributed by atoms with Gasteiger partial charge in [-0.1, -0.05) is 6.07 Å². The van der Waals surface area contributed by atoms with Crippen molar-refractivity contribution in [3.05, 3.63) is 42.1 Å². The van der Waals surface area contributed by atoms with Gasteiger partial charge in [0.2, 0.25) is 5.91 Å². The van der Waals surface area contributed by atoms with Crippen molar-refractivity contribution < 1.29 is 14.7 Å². The van der Waals surface area contributed by atoms with E-state index in [2.05, 4.69) is 10.3 Å². The van der Waals surface area contributed by atoms with Gasteiger partial charge in [-0.2, -0.15) is 0 Å². The summed E-state index contributed by atoms with van der Waals surface area (Å²) in [6.45, 7) is 0.875. The second kappa shape index (κ2) is 7.19. The van der Waals surface area contributed by atoms with Crippen LogP contribution in [-0.4, -0.2) is 52.5 Å². The van der Waals surface area contributed by atoms with Gasteiger partial charge in [0.25, 0.3) is 5.91 Å². The third kappa shape index (κ3) is 3.96. The number of nitrogens with zero attached hydrogens (tertiary/aromatic N) is 2. The van der Waals surface area contributed by atoms with Gasteiger partial charge in [-0.25, -0.2) is 0 Å². The highest BCUT2D eigenvalue weighted by molar-refractivity contribution is 5.98. The van der Waals surface area contributed by atoms with E-state index in [1.165, 1.54) is 0 Å². The topological polar surface area (TPSA) is 82.5 Å². The van der Waals surface area contributed by atoms with E-state index in [-0.39, 0.29) is 24.8 Å². The smallest absolute Gasteiger partial charge is 0.253 e. The Labute approximate surface area is 146 Å². The Bertz CT molecular complexity index is 792. The number of piperidine rings is 1. The number of carbonyl (C=O) groups is 2. The number of benzene rings is 1. The van der Waals surface area contributed by atoms with Crippen LogP contribution in [0.15, 0.2) is 36.5 Å². The van der Waals surface area contributed by atoms with Gasteiger partial charge in [-0.15, -0.1) is 0 Å². The van der Waals surface area contributed by atoms with Gasteiger partial charge >= 0.3 is 0 Å². The van der Waals surface area contributed by atoms with E-state index in [4.69, 9.17) is 0 Å². The minimum Gasteiger partial charge on any atom is -0.388 e. The number of nitrogens with one attached hydrogen (secondary N) is 1. The van der Waals surface area contributed by atoms with Crippen LogP contribution in [0.4, 0.5) is 0 Å². The molecule has 6 nitrogen and oxygen atoms in total. The second-order valence-electron chi connectivity index (χ2n) is 6.64. The molecule has 1 aliphatic rings. The summed E-state index contributed by atoms with van der Waals surface area (Å²) in [6, 6.07) is 9.22. The highest BCUT2D eigenvalue weighted by Crippen LogP contribution is 2.27. The number of amides is 2. The lowest BCUT2D eigenvalue weighted by molar-refractivity contribution is -0.122. The van der Waals surface area contributed by atoms with Crippen molar-refractivity contribution in [3.8, 4) is 0 Å². The highest BCUT2D eigenvalue weighted by Gasteiger charge is 2.35. The number of aromatic nitrogens is 1. The molecule has 6 heteroatoms. The summed E-state index contributed by atoms with van der Waals surface area (Å²) >= 11 is 0. The Morgan fingerprint density at radius 3 is 3.00 bits per heavy atom. The highest BCUT2D eigenvalue weighted by atomic mass is 16.3. The fourth-order valence-electron chi connectivity index (χ4n) is 3.35. The summed E-state index contributed by atoms with van der Waals surface area (Å²) < 4.78 is 0. The zero-order valence-corrected chi connectivity index (χ0v) is 14.4. The maximum atomic E-state index is 12.8. The molecule has 25 heavy (non-hydrogen) atoms. The Morgan fingerprint density at radius 2 is 2.20 bits per heavy atom. The van der Waals surface area contributed by atoms with Crippen molar-refractivity contribution in [2.45, 2.75) is 31.3 Å². The average Bonchev–Trinajstić information content (AvgIpc) is 2.65. The van der Waals surface area contributed by atoms with Gasteiger partial charge in [0.15, 0.2) is 0 Å². The fourth-order valence-corrected chi connectivity index (χ4v) is 3.35. The molecule has 2 amide bonds. The van der Waals surface area contributed by atoms with Crippen molar-refractivity contribution >= 4 is 22.7 Å².